The molecule has 230 valence electrons. The van der Waals surface area contributed by atoms with Crippen LogP contribution in [0.5, 0.6) is 5.88 Å². The van der Waals surface area contributed by atoms with Crippen molar-refractivity contribution in [3.8, 4) is 17.0 Å². The Morgan fingerprint density at radius 1 is 1.09 bits per heavy atom. The first-order chi connectivity index (χ1) is 21.0. The molecule has 0 atom stereocenters. The third-order valence-electron chi connectivity index (χ3n) is 8.23. The number of likely N-dealkylation sites (N-methyl/N-ethyl adjacent to an activating group) is 1. The van der Waals surface area contributed by atoms with E-state index in [0.717, 1.165) is 11.3 Å². The van der Waals surface area contributed by atoms with Crippen molar-refractivity contribution in [1.82, 2.24) is 15.3 Å². The molecule has 2 N–H and O–H groups in total. The van der Waals surface area contributed by atoms with E-state index in [1.54, 1.807) is 24.2 Å². The molecule has 1 saturated heterocycles. The lowest BCUT2D eigenvalue weighted by Crippen LogP contribution is -2.64. The van der Waals surface area contributed by atoms with E-state index < -0.39 is 21.3 Å². The topological polar surface area (TPSA) is 117 Å². The van der Waals surface area contributed by atoms with Gasteiger partial charge in [0.2, 0.25) is 21.8 Å². The van der Waals surface area contributed by atoms with Crippen LogP contribution in [0.2, 0.25) is 0 Å². The first kappa shape index (κ1) is 29.8. The van der Waals surface area contributed by atoms with Gasteiger partial charge in [0, 0.05) is 72.8 Å². The number of fused-ring (bicyclic) bond motifs is 4. The number of ether oxygens (including phenoxy) is 1. The predicted octanol–water partition coefficient (Wildman–Crippen LogP) is 4.31. The lowest BCUT2D eigenvalue weighted by Gasteiger charge is -2.48. The summed E-state index contributed by atoms with van der Waals surface area (Å²) in [5.74, 6) is -0.623. The average Bonchev–Trinajstić information content (AvgIpc) is 3.21. The van der Waals surface area contributed by atoms with Crippen molar-refractivity contribution in [2.24, 2.45) is 0 Å². The second kappa shape index (κ2) is 11.3. The molecule has 2 aromatic heterocycles. The van der Waals surface area contributed by atoms with E-state index in [-0.39, 0.29) is 41.4 Å². The van der Waals surface area contributed by atoms with Gasteiger partial charge in [-0.25, -0.2) is 17.8 Å². The highest BCUT2D eigenvalue weighted by atomic mass is 32.2. The number of nitrogens with zero attached hydrogens (tertiary/aromatic N) is 4. The molecule has 0 unspecified atom stereocenters. The zero-order valence-electron chi connectivity index (χ0n) is 25.1. The van der Waals surface area contributed by atoms with E-state index in [1.807, 2.05) is 44.2 Å². The Hall–Kier alpha value is -4.29. The number of sulfonamides is 1. The van der Waals surface area contributed by atoms with Crippen molar-refractivity contribution < 1.29 is 22.3 Å². The summed E-state index contributed by atoms with van der Waals surface area (Å²) in [6, 6.07) is 14.7. The molecule has 0 radical (unpaired) electrons. The number of hydrogen-bond acceptors (Lipinski definition) is 8. The summed E-state index contributed by atoms with van der Waals surface area (Å²) in [7, 11) is -1.94. The van der Waals surface area contributed by atoms with Crippen LogP contribution in [0, 0.1) is 5.82 Å². The minimum absolute atomic E-state index is 0.0220. The summed E-state index contributed by atoms with van der Waals surface area (Å²) >= 11 is 0. The maximum absolute atomic E-state index is 15.7. The summed E-state index contributed by atoms with van der Waals surface area (Å²) in [5, 5.41) is 3.90. The third kappa shape index (κ3) is 5.22. The van der Waals surface area contributed by atoms with Gasteiger partial charge in [-0.15, -0.1) is 0 Å². The Morgan fingerprint density at radius 2 is 1.84 bits per heavy atom. The molecule has 10 nitrogen and oxygen atoms in total. The Labute approximate surface area is 256 Å². The third-order valence-corrected chi connectivity index (χ3v) is 9.53. The Kier molecular flexibility index (Phi) is 7.66. The zero-order valence-corrected chi connectivity index (χ0v) is 25.9. The summed E-state index contributed by atoms with van der Waals surface area (Å²) < 4.78 is 49.1. The molecule has 44 heavy (non-hydrogen) atoms. The van der Waals surface area contributed by atoms with Crippen LogP contribution in [-0.2, 0) is 20.2 Å². The monoisotopic (exact) mass is 618 g/mol. The number of carbonyl (C=O) groups is 1. The number of nitrogens with one attached hydrogen (secondary N) is 2. The van der Waals surface area contributed by atoms with Gasteiger partial charge in [-0.3, -0.25) is 14.5 Å². The fraction of sp³-hybridized carbons (Fsp3) is 0.344. The molecule has 2 aliphatic rings. The van der Waals surface area contributed by atoms with Crippen LogP contribution in [0.4, 0.5) is 21.5 Å². The lowest BCUT2D eigenvalue weighted by atomic mass is 9.73. The van der Waals surface area contributed by atoms with Crippen LogP contribution in [0.15, 0.2) is 60.9 Å². The van der Waals surface area contributed by atoms with Gasteiger partial charge in [0.15, 0.2) is 0 Å². The Balaban J connectivity index is 1.41. The average molecular weight is 619 g/mol. The van der Waals surface area contributed by atoms with Crippen LogP contribution in [0.25, 0.3) is 22.0 Å². The van der Waals surface area contributed by atoms with Crippen molar-refractivity contribution in [3.05, 3.63) is 72.3 Å². The molecule has 2 aromatic carbocycles. The summed E-state index contributed by atoms with van der Waals surface area (Å²) in [5.41, 5.74) is 2.87. The number of hydrogen-bond donors (Lipinski definition) is 2. The highest BCUT2D eigenvalue weighted by Gasteiger charge is 2.58. The van der Waals surface area contributed by atoms with Gasteiger partial charge < -0.3 is 19.9 Å². The van der Waals surface area contributed by atoms with Gasteiger partial charge in [-0.1, -0.05) is 32.0 Å². The predicted molar refractivity (Wildman–Crippen MR) is 170 cm³/mol. The second-order valence-corrected chi connectivity index (χ2v) is 13.6. The zero-order chi connectivity index (χ0) is 31.2. The molecular weight excluding hydrogens is 583 g/mol. The summed E-state index contributed by atoms with van der Waals surface area (Å²) in [6.07, 6.45) is 3.09. The number of aromatic nitrogens is 2. The molecule has 1 amide bonds. The first-order valence-electron chi connectivity index (χ1n) is 14.6. The van der Waals surface area contributed by atoms with Gasteiger partial charge in [-0.2, -0.15) is 0 Å². The summed E-state index contributed by atoms with van der Waals surface area (Å²) in [6.45, 7) is 7.32. The smallest absolute Gasteiger partial charge is 0.241 e. The highest BCUT2D eigenvalue weighted by Crippen LogP contribution is 2.51. The van der Waals surface area contributed by atoms with Crippen LogP contribution >= 0.6 is 0 Å². The standard InChI is InChI=1S/C32H35FN6O4S/c1-5-44(41,42)37-27-13-21(16-36-30(27)43-12-11-34-20(2)3)23-14-24-26(15-25(23)33)35-17-28-29(24)32(31(40)38(28)4)18-39(19-32)22-9-7-6-8-10-22/h6-10,13-17,20,34,37H,5,11-12,18-19H2,1-4H3. The lowest BCUT2D eigenvalue weighted by molar-refractivity contribution is -0.123. The van der Waals surface area contributed by atoms with Crippen LogP contribution in [0.1, 0.15) is 26.3 Å². The van der Waals surface area contributed by atoms with Crippen molar-refractivity contribution in [2.45, 2.75) is 32.2 Å². The number of anilines is 3. The molecule has 1 fully saturated rings. The second-order valence-electron chi connectivity index (χ2n) is 11.5. The number of amides is 1. The molecule has 0 bridgehead atoms. The first-order valence-corrected chi connectivity index (χ1v) is 16.3. The number of carbonyl (C=O) groups excluding carboxylic acids is 1. The molecule has 0 saturated carbocycles. The number of rotatable bonds is 10. The maximum Gasteiger partial charge on any atom is 0.241 e. The molecule has 0 aliphatic carbocycles. The van der Waals surface area contributed by atoms with Gasteiger partial charge in [0.1, 0.15) is 23.5 Å². The molecule has 2 aliphatic heterocycles. The van der Waals surface area contributed by atoms with E-state index in [0.29, 0.717) is 41.8 Å². The van der Waals surface area contributed by atoms with E-state index in [4.69, 9.17) is 4.74 Å². The molecule has 1 spiro atoms. The van der Waals surface area contributed by atoms with Gasteiger partial charge in [-0.05, 0) is 31.2 Å². The van der Waals surface area contributed by atoms with Crippen LogP contribution in [0.3, 0.4) is 0 Å². The van der Waals surface area contributed by atoms with Crippen LogP contribution in [-0.4, -0.2) is 69.4 Å². The van der Waals surface area contributed by atoms with Gasteiger partial charge in [0.25, 0.3) is 0 Å². The fourth-order valence-corrected chi connectivity index (χ4v) is 6.59. The normalized spacial score (nSPS) is 15.6. The van der Waals surface area contributed by atoms with Gasteiger partial charge in [0.05, 0.1) is 23.2 Å². The van der Waals surface area contributed by atoms with Crippen molar-refractivity contribution in [1.29, 1.82) is 0 Å². The van der Waals surface area contributed by atoms with Crippen LogP contribution < -0.4 is 24.6 Å². The number of benzene rings is 2. The number of para-hydroxylation sites is 1. The van der Waals surface area contributed by atoms with E-state index in [9.17, 15) is 13.2 Å². The molecule has 4 heterocycles. The molecular formula is C32H35FN6O4S. The van der Waals surface area contributed by atoms with E-state index in [1.165, 1.54) is 25.3 Å². The van der Waals surface area contributed by atoms with Crippen molar-refractivity contribution >= 4 is 43.9 Å². The van der Waals surface area contributed by atoms with Crippen molar-refractivity contribution in [2.75, 3.05) is 53.6 Å². The van der Waals surface area contributed by atoms with Crippen molar-refractivity contribution in [3.63, 3.8) is 0 Å². The molecule has 4 aromatic rings. The number of pyridine rings is 2. The Morgan fingerprint density at radius 3 is 2.55 bits per heavy atom. The minimum Gasteiger partial charge on any atom is -0.475 e. The van der Waals surface area contributed by atoms with E-state index in [2.05, 4.69) is 24.9 Å². The Bertz CT molecular complexity index is 1850. The SMILES string of the molecule is CCS(=O)(=O)Nc1cc(-c2cc3c4c(cnc3cc2F)N(C)C(=O)C42CN(c3ccccc3)C2)cnc1OCCNC(C)C. The minimum atomic E-state index is -3.68. The largest absolute Gasteiger partial charge is 0.475 e. The van der Waals surface area contributed by atoms with Gasteiger partial charge >= 0.3 is 0 Å². The molecule has 6 rings (SSSR count). The van der Waals surface area contributed by atoms with E-state index >= 15 is 4.39 Å². The fourth-order valence-electron chi connectivity index (χ4n) is 5.96. The maximum atomic E-state index is 15.7. The highest BCUT2D eigenvalue weighted by molar-refractivity contribution is 7.92. The number of halogens is 1. The quantitative estimate of drug-likeness (QED) is 0.253. The summed E-state index contributed by atoms with van der Waals surface area (Å²) in [4.78, 5) is 26.4. The molecule has 12 heteroatoms.